The quantitative estimate of drug-likeness (QED) is 0.709. The van der Waals surface area contributed by atoms with Gasteiger partial charge in [-0.1, -0.05) is 11.6 Å². The van der Waals surface area contributed by atoms with E-state index < -0.39 is 5.97 Å². The van der Waals surface area contributed by atoms with Crippen LogP contribution in [0.5, 0.6) is 11.5 Å². The van der Waals surface area contributed by atoms with Crippen molar-refractivity contribution in [2.45, 2.75) is 0 Å². The molecule has 150 valence electrons. The van der Waals surface area contributed by atoms with Gasteiger partial charge in [0.05, 0.1) is 35.4 Å². The van der Waals surface area contributed by atoms with Crippen molar-refractivity contribution in [1.29, 1.82) is 0 Å². The number of halogens is 1. The van der Waals surface area contributed by atoms with E-state index in [4.69, 9.17) is 26.2 Å². The molecule has 1 aliphatic rings. The molecule has 2 aromatic carbocycles. The fraction of sp³-hybridized carbons (Fsp3) is 0.150. The summed E-state index contributed by atoms with van der Waals surface area (Å²) in [5, 5.41) is 9.87. The van der Waals surface area contributed by atoms with E-state index >= 15 is 0 Å². The third-order valence-corrected chi connectivity index (χ3v) is 5.52. The lowest BCUT2D eigenvalue weighted by Crippen LogP contribution is -2.23. The average molecular weight is 433 g/mol. The average Bonchev–Trinajstić information content (AvgIpc) is 2.97. The summed E-state index contributed by atoms with van der Waals surface area (Å²) in [6, 6.07) is 9.42. The molecule has 0 atom stereocenters. The number of nitrogens with zero attached hydrogens (tertiary/aromatic N) is 2. The number of carbonyl (C=O) groups is 2. The van der Waals surface area contributed by atoms with Gasteiger partial charge in [-0.2, -0.15) is 0 Å². The van der Waals surface area contributed by atoms with Gasteiger partial charge in [0.1, 0.15) is 0 Å². The van der Waals surface area contributed by atoms with Gasteiger partial charge in [-0.05, 0) is 53.7 Å². The molecule has 3 rings (SSSR count). The zero-order valence-corrected chi connectivity index (χ0v) is 17.4. The van der Waals surface area contributed by atoms with E-state index in [-0.39, 0.29) is 11.5 Å². The fourth-order valence-electron chi connectivity index (χ4n) is 2.56. The lowest BCUT2D eigenvalue weighted by molar-refractivity contribution is -0.121. The number of carboxylic acids is 1. The summed E-state index contributed by atoms with van der Waals surface area (Å²) in [7, 11) is 4.66. The van der Waals surface area contributed by atoms with Gasteiger partial charge in [0, 0.05) is 13.1 Å². The normalized spacial score (nSPS) is 16.6. The topological polar surface area (TPSA) is 88.4 Å². The van der Waals surface area contributed by atoms with Gasteiger partial charge >= 0.3 is 5.97 Å². The molecule has 0 unspecified atom stereocenters. The van der Waals surface area contributed by atoms with E-state index in [0.29, 0.717) is 37.8 Å². The van der Waals surface area contributed by atoms with Crippen LogP contribution in [-0.2, 0) is 4.79 Å². The summed E-state index contributed by atoms with van der Waals surface area (Å²) < 4.78 is 10.5. The number of hydrogen-bond donors (Lipinski definition) is 1. The van der Waals surface area contributed by atoms with Crippen LogP contribution in [0.4, 0.5) is 5.69 Å². The second-order valence-corrected chi connectivity index (χ2v) is 7.37. The van der Waals surface area contributed by atoms with Crippen LogP contribution in [0, 0.1) is 0 Å². The molecule has 2 aromatic rings. The molecule has 0 bridgehead atoms. The molecule has 1 N–H and O–H groups in total. The van der Waals surface area contributed by atoms with Gasteiger partial charge in [0.2, 0.25) is 0 Å². The molecular formula is C20H17ClN2O5S. The molecule has 29 heavy (non-hydrogen) atoms. The number of aromatic carboxylic acids is 1. The number of ether oxygens (including phenoxy) is 2. The highest BCUT2D eigenvalue weighted by Crippen LogP contribution is 2.38. The lowest BCUT2D eigenvalue weighted by Gasteiger charge is -2.10. The van der Waals surface area contributed by atoms with Crippen molar-refractivity contribution in [3.8, 4) is 11.5 Å². The SMILES string of the molecule is COc1cc(Cl)c(/C=C2/SC(=Nc3ccc(C(=O)O)cc3)N(C)C2=O)cc1OC. The van der Waals surface area contributed by atoms with Crippen LogP contribution in [0.25, 0.3) is 6.08 Å². The van der Waals surface area contributed by atoms with E-state index in [0.717, 1.165) is 0 Å². The third kappa shape index (κ3) is 4.38. The number of thioether (sulfide) groups is 1. The van der Waals surface area contributed by atoms with Crippen LogP contribution in [0.1, 0.15) is 15.9 Å². The Hall–Kier alpha value is -2.97. The predicted molar refractivity (Wildman–Crippen MR) is 113 cm³/mol. The summed E-state index contributed by atoms with van der Waals surface area (Å²) >= 11 is 7.51. The third-order valence-electron chi connectivity index (χ3n) is 4.13. The monoisotopic (exact) mass is 432 g/mol. The molecular weight excluding hydrogens is 416 g/mol. The Balaban J connectivity index is 1.91. The van der Waals surface area contributed by atoms with E-state index in [9.17, 15) is 9.59 Å². The first-order chi connectivity index (χ1) is 13.8. The van der Waals surface area contributed by atoms with Crippen LogP contribution in [0.15, 0.2) is 46.3 Å². The second kappa shape index (κ2) is 8.59. The van der Waals surface area contributed by atoms with Crippen LogP contribution >= 0.6 is 23.4 Å². The van der Waals surface area contributed by atoms with Crippen molar-refractivity contribution in [1.82, 2.24) is 4.90 Å². The number of rotatable bonds is 5. The largest absolute Gasteiger partial charge is 0.493 e. The van der Waals surface area contributed by atoms with E-state index in [2.05, 4.69) is 4.99 Å². The molecule has 1 aliphatic heterocycles. The minimum atomic E-state index is -1.01. The van der Waals surface area contributed by atoms with Crippen LogP contribution in [0.3, 0.4) is 0 Å². The number of carbonyl (C=O) groups excluding carboxylic acids is 1. The van der Waals surface area contributed by atoms with Crippen LogP contribution in [-0.4, -0.2) is 48.3 Å². The van der Waals surface area contributed by atoms with Crippen molar-refractivity contribution >= 4 is 52.2 Å². The maximum Gasteiger partial charge on any atom is 0.335 e. The first kappa shape index (κ1) is 20.8. The zero-order valence-electron chi connectivity index (χ0n) is 15.8. The lowest BCUT2D eigenvalue weighted by atomic mass is 10.1. The summed E-state index contributed by atoms with van der Waals surface area (Å²) in [6.07, 6.45) is 1.67. The minimum Gasteiger partial charge on any atom is -0.493 e. The molecule has 1 fully saturated rings. The number of methoxy groups -OCH3 is 2. The van der Waals surface area contributed by atoms with Crippen molar-refractivity contribution in [2.24, 2.45) is 4.99 Å². The minimum absolute atomic E-state index is 0.168. The Labute approximate surface area is 176 Å². The second-order valence-electron chi connectivity index (χ2n) is 5.95. The molecule has 1 saturated heterocycles. The first-order valence-electron chi connectivity index (χ1n) is 8.35. The smallest absolute Gasteiger partial charge is 0.335 e. The number of hydrogen-bond acceptors (Lipinski definition) is 6. The number of amidine groups is 1. The molecule has 1 amide bonds. The summed E-state index contributed by atoms with van der Waals surface area (Å²) in [5.41, 5.74) is 1.32. The molecule has 0 spiro atoms. The highest BCUT2D eigenvalue weighted by atomic mass is 35.5. The summed E-state index contributed by atoms with van der Waals surface area (Å²) in [5.74, 6) is -0.236. The van der Waals surface area contributed by atoms with Gasteiger partial charge in [-0.3, -0.25) is 9.69 Å². The van der Waals surface area contributed by atoms with Crippen molar-refractivity contribution < 1.29 is 24.2 Å². The predicted octanol–water partition coefficient (Wildman–Crippen LogP) is 4.29. The summed E-state index contributed by atoms with van der Waals surface area (Å²) in [6.45, 7) is 0. The van der Waals surface area contributed by atoms with Crippen molar-refractivity contribution in [3.63, 3.8) is 0 Å². The summed E-state index contributed by atoms with van der Waals surface area (Å²) in [4.78, 5) is 29.9. The Kier molecular flexibility index (Phi) is 6.14. The van der Waals surface area contributed by atoms with E-state index in [1.54, 1.807) is 37.4 Å². The van der Waals surface area contributed by atoms with Gasteiger partial charge in [-0.15, -0.1) is 0 Å². The van der Waals surface area contributed by atoms with Gasteiger partial charge < -0.3 is 14.6 Å². The molecule has 1 heterocycles. The molecule has 0 saturated carbocycles. The Morgan fingerprint density at radius 3 is 2.38 bits per heavy atom. The van der Waals surface area contributed by atoms with E-state index in [1.807, 2.05) is 0 Å². The van der Waals surface area contributed by atoms with Gasteiger partial charge in [0.25, 0.3) is 5.91 Å². The van der Waals surface area contributed by atoms with Crippen LogP contribution < -0.4 is 9.47 Å². The molecule has 0 radical (unpaired) electrons. The number of carboxylic acid groups (broad SMARTS) is 1. The number of benzene rings is 2. The Bertz CT molecular complexity index is 1030. The molecule has 9 heteroatoms. The maximum absolute atomic E-state index is 12.6. The number of likely N-dealkylation sites (N-methyl/N-ethyl adjacent to an activating group) is 1. The van der Waals surface area contributed by atoms with Crippen molar-refractivity contribution in [2.75, 3.05) is 21.3 Å². The highest BCUT2D eigenvalue weighted by Gasteiger charge is 2.30. The zero-order chi connectivity index (χ0) is 21.1. The van der Waals surface area contributed by atoms with E-state index in [1.165, 1.54) is 43.0 Å². The Morgan fingerprint density at radius 2 is 1.79 bits per heavy atom. The fourth-order valence-corrected chi connectivity index (χ4v) is 3.75. The van der Waals surface area contributed by atoms with Gasteiger partial charge in [0.15, 0.2) is 16.7 Å². The number of aliphatic imine (C=N–C) groups is 1. The molecule has 0 aromatic heterocycles. The molecule has 0 aliphatic carbocycles. The van der Waals surface area contributed by atoms with Crippen molar-refractivity contribution in [3.05, 3.63) is 57.5 Å². The standard InChI is InChI=1S/C20H17ClN2O5S/c1-23-18(24)17(9-12-8-15(27-2)16(28-3)10-14(12)21)29-20(23)22-13-6-4-11(5-7-13)19(25)26/h4-10H,1-3H3,(H,25,26)/b17-9+,22-20?. The highest BCUT2D eigenvalue weighted by molar-refractivity contribution is 8.18. The van der Waals surface area contributed by atoms with Crippen LogP contribution in [0.2, 0.25) is 5.02 Å². The van der Waals surface area contributed by atoms with Gasteiger partial charge in [-0.25, -0.2) is 9.79 Å². The first-order valence-corrected chi connectivity index (χ1v) is 9.54. The Morgan fingerprint density at radius 1 is 1.17 bits per heavy atom. The molecule has 7 nitrogen and oxygen atoms in total. The maximum atomic E-state index is 12.6. The number of amides is 1.